The van der Waals surface area contributed by atoms with E-state index < -0.39 is 0 Å². The van der Waals surface area contributed by atoms with Crippen molar-refractivity contribution in [2.75, 3.05) is 0 Å². The van der Waals surface area contributed by atoms with Gasteiger partial charge in [0.1, 0.15) is 0 Å². The van der Waals surface area contributed by atoms with Crippen LogP contribution in [-0.2, 0) is 10.8 Å². The van der Waals surface area contributed by atoms with E-state index in [0.717, 1.165) is 49.7 Å². The highest BCUT2D eigenvalue weighted by Crippen LogP contribution is 2.50. The first-order valence-corrected chi connectivity index (χ1v) is 20.8. The first kappa shape index (κ1) is 35.3. The Kier molecular flexibility index (Phi) is 7.83. The highest BCUT2D eigenvalue weighted by Gasteiger charge is 2.42. The molecule has 0 N–H and O–H groups in total. The van der Waals surface area contributed by atoms with Crippen LogP contribution in [0, 0.1) is 5.92 Å². The number of hydrogen-bond acceptors (Lipinski definition) is 3. The summed E-state index contributed by atoms with van der Waals surface area (Å²) in [4.78, 5) is 15.6. The SMILES string of the molecule is CC1CC(C)(C)c2ccc(-c3ccc(-n4c5ccccc5c5ccc6c7ccccc7n(-c7nc(-c8ccccc8)nc(-c8ccccc8)n7)c6c54)cc3)cc2C1(C)C. The van der Waals surface area contributed by atoms with Gasteiger partial charge in [-0.3, -0.25) is 4.57 Å². The van der Waals surface area contributed by atoms with Crippen LogP contribution in [-0.4, -0.2) is 24.1 Å². The summed E-state index contributed by atoms with van der Waals surface area (Å²) in [6, 6.07) is 58.7. The number of hydrogen-bond donors (Lipinski definition) is 0. The normalized spacial score (nSPS) is 15.9. The van der Waals surface area contributed by atoms with Crippen molar-refractivity contribution in [1.82, 2.24) is 24.1 Å². The average Bonchev–Trinajstić information content (AvgIpc) is 3.79. The van der Waals surface area contributed by atoms with Crippen LogP contribution in [0.15, 0.2) is 164 Å². The van der Waals surface area contributed by atoms with Gasteiger partial charge in [0, 0.05) is 38.4 Å². The summed E-state index contributed by atoms with van der Waals surface area (Å²) in [5.41, 5.74) is 13.0. The molecule has 0 saturated heterocycles. The molecule has 0 amide bonds. The molecule has 1 atom stereocenters. The molecule has 0 aliphatic heterocycles. The molecule has 7 aromatic carbocycles. The van der Waals surface area contributed by atoms with Crippen LogP contribution in [0.3, 0.4) is 0 Å². The molecule has 10 aromatic rings. The molecule has 59 heavy (non-hydrogen) atoms. The van der Waals surface area contributed by atoms with Gasteiger partial charge in [0.25, 0.3) is 0 Å². The lowest BCUT2D eigenvalue weighted by atomic mass is 9.58. The van der Waals surface area contributed by atoms with Gasteiger partial charge in [-0.2, -0.15) is 9.97 Å². The highest BCUT2D eigenvalue weighted by atomic mass is 15.2. The van der Waals surface area contributed by atoms with Crippen molar-refractivity contribution < 1.29 is 0 Å². The molecule has 1 aliphatic carbocycles. The summed E-state index contributed by atoms with van der Waals surface area (Å²) in [6.45, 7) is 12.1. The Morgan fingerprint density at radius 2 is 0.966 bits per heavy atom. The second kappa shape index (κ2) is 13.1. The molecule has 0 fully saturated rings. The van der Waals surface area contributed by atoms with Crippen LogP contribution in [0.25, 0.3) is 89.2 Å². The molecule has 0 radical (unpaired) electrons. The maximum Gasteiger partial charge on any atom is 0.238 e. The zero-order valence-electron chi connectivity index (χ0n) is 34.1. The van der Waals surface area contributed by atoms with Crippen LogP contribution in [0.1, 0.15) is 52.2 Å². The molecule has 5 nitrogen and oxygen atoms in total. The minimum Gasteiger partial charge on any atom is -0.307 e. The van der Waals surface area contributed by atoms with Crippen molar-refractivity contribution in [3.8, 4) is 45.5 Å². The third-order valence-corrected chi connectivity index (χ3v) is 13.3. The first-order valence-electron chi connectivity index (χ1n) is 20.8. The molecule has 1 aliphatic rings. The van der Waals surface area contributed by atoms with Crippen LogP contribution < -0.4 is 0 Å². The number of para-hydroxylation sites is 2. The lowest BCUT2D eigenvalue weighted by Crippen LogP contribution is -2.40. The topological polar surface area (TPSA) is 48.5 Å². The molecular weight excluding hydrogens is 719 g/mol. The Hall–Kier alpha value is -6.85. The summed E-state index contributed by atoms with van der Waals surface area (Å²) < 4.78 is 4.69. The van der Waals surface area contributed by atoms with Gasteiger partial charge >= 0.3 is 0 Å². The fourth-order valence-electron chi connectivity index (χ4n) is 9.92. The number of aromatic nitrogens is 5. The minimum atomic E-state index is 0.107. The van der Waals surface area contributed by atoms with E-state index in [0.29, 0.717) is 23.5 Å². The Morgan fingerprint density at radius 3 is 1.56 bits per heavy atom. The fraction of sp³-hybridized carbons (Fsp3) is 0.167. The summed E-state index contributed by atoms with van der Waals surface area (Å²) in [7, 11) is 0. The fourth-order valence-corrected chi connectivity index (χ4v) is 9.92. The summed E-state index contributed by atoms with van der Waals surface area (Å²) in [6.07, 6.45) is 1.20. The van der Waals surface area contributed by atoms with Crippen LogP contribution in [0.5, 0.6) is 0 Å². The zero-order valence-corrected chi connectivity index (χ0v) is 34.1. The largest absolute Gasteiger partial charge is 0.307 e. The number of benzene rings is 7. The minimum absolute atomic E-state index is 0.107. The van der Waals surface area contributed by atoms with Gasteiger partial charge in [-0.15, -0.1) is 0 Å². The summed E-state index contributed by atoms with van der Waals surface area (Å²) in [5, 5.41) is 4.66. The molecular formula is C54H45N5. The molecule has 11 rings (SSSR count). The van der Waals surface area contributed by atoms with Gasteiger partial charge < -0.3 is 4.57 Å². The number of rotatable bonds is 5. The van der Waals surface area contributed by atoms with Gasteiger partial charge in [0.05, 0.1) is 22.1 Å². The molecule has 3 heterocycles. The second-order valence-electron chi connectivity index (χ2n) is 17.6. The van der Waals surface area contributed by atoms with E-state index >= 15 is 0 Å². The molecule has 0 bridgehead atoms. The number of nitrogens with zero attached hydrogens (tertiary/aromatic N) is 5. The monoisotopic (exact) mass is 763 g/mol. The van der Waals surface area contributed by atoms with Crippen LogP contribution >= 0.6 is 0 Å². The molecule has 1 unspecified atom stereocenters. The maximum atomic E-state index is 5.27. The van der Waals surface area contributed by atoms with E-state index in [4.69, 9.17) is 15.0 Å². The van der Waals surface area contributed by atoms with E-state index in [1.54, 1.807) is 0 Å². The lowest BCUT2D eigenvalue weighted by molar-refractivity contribution is 0.233. The predicted octanol–water partition coefficient (Wildman–Crippen LogP) is 13.7. The van der Waals surface area contributed by atoms with E-state index in [1.165, 1.54) is 39.4 Å². The Labute approximate surface area is 344 Å². The van der Waals surface area contributed by atoms with Gasteiger partial charge in [0.2, 0.25) is 5.95 Å². The van der Waals surface area contributed by atoms with Crippen LogP contribution in [0.4, 0.5) is 0 Å². The van der Waals surface area contributed by atoms with Crippen molar-refractivity contribution in [3.05, 3.63) is 175 Å². The lowest BCUT2D eigenvalue weighted by Gasteiger charge is -2.46. The summed E-state index contributed by atoms with van der Waals surface area (Å²) in [5.74, 6) is 2.44. The van der Waals surface area contributed by atoms with E-state index in [-0.39, 0.29) is 10.8 Å². The first-order chi connectivity index (χ1) is 28.7. The standard InChI is InChI=1S/C54H45N5/c1-34-33-53(2,3)44-31-26-38(32-45(44)54(34,4)5)35-24-27-39(28-25-35)58-46-22-14-12-20-40(46)42-29-30-43-41-21-13-15-23-47(41)59(49(43)48(42)58)52-56-50(36-16-8-6-9-17-36)55-51(57-52)37-18-10-7-11-19-37/h6-32,34H,33H2,1-5H3. The van der Waals surface area contributed by atoms with Crippen LogP contribution in [0.2, 0.25) is 0 Å². The average molecular weight is 764 g/mol. The zero-order chi connectivity index (χ0) is 40.0. The quantitative estimate of drug-likeness (QED) is 0.175. The molecule has 286 valence electrons. The molecule has 5 heteroatoms. The summed E-state index contributed by atoms with van der Waals surface area (Å²) >= 11 is 0. The Bertz CT molecular complexity index is 3180. The third-order valence-electron chi connectivity index (χ3n) is 13.3. The molecule has 0 spiro atoms. The smallest absolute Gasteiger partial charge is 0.238 e. The van der Waals surface area contributed by atoms with E-state index in [2.05, 4.69) is 171 Å². The van der Waals surface area contributed by atoms with E-state index in [9.17, 15) is 0 Å². The van der Waals surface area contributed by atoms with Crippen molar-refractivity contribution in [1.29, 1.82) is 0 Å². The van der Waals surface area contributed by atoms with E-state index in [1.807, 2.05) is 36.4 Å². The maximum absolute atomic E-state index is 5.27. The molecule has 0 saturated carbocycles. The van der Waals surface area contributed by atoms with Crippen molar-refractivity contribution in [2.24, 2.45) is 5.92 Å². The van der Waals surface area contributed by atoms with Gasteiger partial charge in [0.15, 0.2) is 11.6 Å². The number of fused-ring (bicyclic) bond motifs is 8. The van der Waals surface area contributed by atoms with Gasteiger partial charge in [-0.1, -0.05) is 174 Å². The van der Waals surface area contributed by atoms with Gasteiger partial charge in [-0.25, -0.2) is 4.98 Å². The molecule has 3 aromatic heterocycles. The highest BCUT2D eigenvalue weighted by molar-refractivity contribution is 6.23. The Morgan fingerprint density at radius 1 is 0.458 bits per heavy atom. The Balaban J connectivity index is 1.16. The van der Waals surface area contributed by atoms with Crippen molar-refractivity contribution in [2.45, 2.75) is 51.9 Å². The van der Waals surface area contributed by atoms with Gasteiger partial charge in [-0.05, 0) is 69.7 Å². The predicted molar refractivity (Wildman–Crippen MR) is 245 cm³/mol. The third kappa shape index (κ3) is 5.48. The van der Waals surface area contributed by atoms with Crippen molar-refractivity contribution in [3.63, 3.8) is 0 Å². The van der Waals surface area contributed by atoms with Crippen molar-refractivity contribution >= 4 is 43.6 Å². The second-order valence-corrected chi connectivity index (χ2v) is 17.6.